The van der Waals surface area contributed by atoms with Crippen LogP contribution in [0.1, 0.15) is 48.6 Å². The fraction of sp³-hybridized carbons (Fsp3) is 0.281. The fourth-order valence-corrected chi connectivity index (χ4v) is 5.98. The average Bonchev–Trinajstić information content (AvgIpc) is 3.40. The van der Waals surface area contributed by atoms with E-state index in [1.54, 1.807) is 23.6 Å². The van der Waals surface area contributed by atoms with Crippen molar-refractivity contribution in [3.8, 4) is 11.5 Å². The molecule has 0 amide bonds. The summed E-state index contributed by atoms with van der Waals surface area (Å²) in [7, 11) is 1.60. The summed E-state index contributed by atoms with van der Waals surface area (Å²) in [6.07, 6.45) is 0.994. The smallest absolute Gasteiger partial charge is 0.338 e. The van der Waals surface area contributed by atoms with E-state index in [0.717, 1.165) is 34.4 Å². The van der Waals surface area contributed by atoms with E-state index >= 15 is 0 Å². The summed E-state index contributed by atoms with van der Waals surface area (Å²) in [5.74, 6) is 2.12. The molecule has 2 heterocycles. The molecule has 0 saturated carbocycles. The zero-order chi connectivity index (χ0) is 29.6. The second-order valence-electron chi connectivity index (χ2n) is 9.89. The lowest BCUT2D eigenvalue weighted by Crippen LogP contribution is -2.29. The fourth-order valence-electron chi connectivity index (χ4n) is 4.72. The van der Waals surface area contributed by atoms with Crippen LogP contribution in [0.4, 0.5) is 5.95 Å². The van der Waals surface area contributed by atoms with E-state index in [1.165, 1.54) is 0 Å². The van der Waals surface area contributed by atoms with E-state index in [9.17, 15) is 4.79 Å². The summed E-state index contributed by atoms with van der Waals surface area (Å²) in [5.41, 5.74) is 5.00. The van der Waals surface area contributed by atoms with E-state index in [-0.39, 0.29) is 6.61 Å². The minimum absolute atomic E-state index is 0.156. The number of allylic oxidation sites excluding steroid dienone is 1. The molecule has 5 rings (SSSR count). The van der Waals surface area contributed by atoms with E-state index < -0.39 is 12.0 Å². The molecule has 3 aromatic carbocycles. The first-order valence-corrected chi connectivity index (χ1v) is 15.5. The lowest BCUT2D eigenvalue weighted by molar-refractivity contribution is -0.140. The van der Waals surface area contributed by atoms with Gasteiger partial charge in [-0.1, -0.05) is 73.3 Å². The van der Waals surface area contributed by atoms with Crippen LogP contribution in [0, 0.1) is 6.92 Å². The van der Waals surface area contributed by atoms with E-state index in [4.69, 9.17) is 24.3 Å². The van der Waals surface area contributed by atoms with Crippen molar-refractivity contribution in [1.82, 2.24) is 14.8 Å². The minimum Gasteiger partial charge on any atom is -0.493 e. The Labute approximate surface area is 258 Å². The molecule has 0 radical (unpaired) electrons. The number of anilines is 1. The number of esters is 1. The molecule has 0 fully saturated rings. The van der Waals surface area contributed by atoms with Crippen LogP contribution in [0.2, 0.25) is 0 Å². The van der Waals surface area contributed by atoms with Crippen LogP contribution < -0.4 is 14.8 Å². The highest BCUT2D eigenvalue weighted by molar-refractivity contribution is 9.10. The quantitative estimate of drug-likeness (QED) is 0.132. The summed E-state index contributed by atoms with van der Waals surface area (Å²) in [5, 5.41) is 8.71. The van der Waals surface area contributed by atoms with Gasteiger partial charge >= 0.3 is 5.97 Å². The van der Waals surface area contributed by atoms with Crippen molar-refractivity contribution in [2.75, 3.05) is 18.2 Å². The van der Waals surface area contributed by atoms with Gasteiger partial charge in [-0.2, -0.15) is 4.98 Å². The van der Waals surface area contributed by atoms with Gasteiger partial charge in [-0.15, -0.1) is 5.10 Å². The number of carbonyl (C=O) groups excluding carboxylic acids is 1. The van der Waals surface area contributed by atoms with Crippen LogP contribution in [0.25, 0.3) is 0 Å². The number of nitrogens with one attached hydrogen (secondary N) is 1. The number of hydrogen-bond donors (Lipinski definition) is 1. The molecule has 0 saturated heterocycles. The predicted molar refractivity (Wildman–Crippen MR) is 168 cm³/mol. The predicted octanol–water partition coefficient (Wildman–Crippen LogP) is 7.47. The third-order valence-corrected chi connectivity index (χ3v) is 8.53. The molecule has 4 aromatic rings. The maximum absolute atomic E-state index is 13.7. The van der Waals surface area contributed by atoms with Gasteiger partial charge in [0.25, 0.3) is 0 Å². The number of fused-ring (bicyclic) bond motifs is 1. The van der Waals surface area contributed by atoms with Gasteiger partial charge in [0.05, 0.1) is 17.2 Å². The van der Waals surface area contributed by atoms with Crippen LogP contribution in [-0.2, 0) is 22.7 Å². The van der Waals surface area contributed by atoms with Crippen molar-refractivity contribution in [1.29, 1.82) is 0 Å². The maximum atomic E-state index is 13.7. The topological polar surface area (TPSA) is 87.5 Å². The third kappa shape index (κ3) is 6.50. The normalized spacial score (nSPS) is 14.3. The van der Waals surface area contributed by atoms with Gasteiger partial charge in [0.15, 0.2) is 11.5 Å². The van der Waals surface area contributed by atoms with Crippen molar-refractivity contribution in [2.24, 2.45) is 0 Å². The summed E-state index contributed by atoms with van der Waals surface area (Å²) in [6.45, 7) is 6.57. The van der Waals surface area contributed by atoms with E-state index in [0.29, 0.717) is 45.0 Å². The van der Waals surface area contributed by atoms with Crippen LogP contribution in [0.15, 0.2) is 87.6 Å². The molecule has 218 valence electrons. The van der Waals surface area contributed by atoms with Crippen molar-refractivity contribution >= 4 is 39.6 Å². The maximum Gasteiger partial charge on any atom is 0.338 e. The number of aromatic nitrogens is 3. The second kappa shape index (κ2) is 13.5. The standard InChI is InChI=1S/C32H33BrN4O4S/c1-5-15-42-32-35-31-34-21(3)27(30(38)41-18-22-12-7-6-8-13-22)28(37(31)36-32)24-16-25(33)29(26(17-24)39-4)40-19-23-14-10-9-11-20(23)2/h6-14,16-17,28H,5,15,18-19H2,1-4H3,(H,34,35,36). The summed E-state index contributed by atoms with van der Waals surface area (Å²) in [4.78, 5) is 18.4. The Morgan fingerprint density at radius 1 is 1.07 bits per heavy atom. The summed E-state index contributed by atoms with van der Waals surface area (Å²) < 4.78 is 20.3. The first-order valence-electron chi connectivity index (χ1n) is 13.7. The van der Waals surface area contributed by atoms with Crippen LogP contribution in [-0.4, -0.2) is 33.6 Å². The Morgan fingerprint density at radius 2 is 1.83 bits per heavy atom. The monoisotopic (exact) mass is 648 g/mol. The van der Waals surface area contributed by atoms with E-state index in [2.05, 4.69) is 41.2 Å². The highest BCUT2D eigenvalue weighted by Crippen LogP contribution is 2.43. The van der Waals surface area contributed by atoms with Gasteiger partial charge in [-0.3, -0.25) is 0 Å². The van der Waals surface area contributed by atoms with Crippen LogP contribution in [0.5, 0.6) is 11.5 Å². The number of benzene rings is 3. The molecule has 0 bridgehead atoms. The van der Waals surface area contributed by atoms with Gasteiger partial charge < -0.3 is 19.5 Å². The Bertz CT molecular complexity index is 1610. The van der Waals surface area contributed by atoms with Gasteiger partial charge in [0, 0.05) is 11.4 Å². The van der Waals surface area contributed by atoms with Crippen molar-refractivity contribution < 1.29 is 19.0 Å². The lowest BCUT2D eigenvalue weighted by Gasteiger charge is -2.29. The Hall–Kier alpha value is -3.76. The number of thioether (sulfide) groups is 1. The van der Waals surface area contributed by atoms with Crippen molar-refractivity contribution in [2.45, 2.75) is 51.6 Å². The Kier molecular flexibility index (Phi) is 9.54. The molecule has 8 nitrogen and oxygen atoms in total. The van der Waals surface area contributed by atoms with Crippen molar-refractivity contribution in [3.05, 3.63) is 105 Å². The highest BCUT2D eigenvalue weighted by Gasteiger charge is 2.36. The number of hydrogen-bond acceptors (Lipinski definition) is 8. The van der Waals surface area contributed by atoms with E-state index in [1.807, 2.05) is 67.6 Å². The molecular weight excluding hydrogens is 616 g/mol. The molecule has 10 heteroatoms. The lowest BCUT2D eigenvalue weighted by atomic mass is 9.95. The third-order valence-electron chi connectivity index (χ3n) is 6.90. The molecule has 1 aliphatic heterocycles. The molecule has 1 aliphatic rings. The summed E-state index contributed by atoms with van der Waals surface area (Å²) in [6, 6.07) is 20.9. The van der Waals surface area contributed by atoms with Crippen molar-refractivity contribution in [3.63, 3.8) is 0 Å². The number of nitrogens with zero attached hydrogens (tertiary/aromatic N) is 3. The number of methoxy groups -OCH3 is 1. The number of rotatable bonds is 11. The zero-order valence-electron chi connectivity index (χ0n) is 24.0. The second-order valence-corrected chi connectivity index (χ2v) is 11.8. The molecule has 1 unspecified atom stereocenters. The average molecular weight is 650 g/mol. The van der Waals surface area contributed by atoms with Crippen LogP contribution >= 0.6 is 27.7 Å². The number of carbonyl (C=O) groups is 1. The number of aryl methyl sites for hydroxylation is 1. The van der Waals surface area contributed by atoms with Crippen LogP contribution in [0.3, 0.4) is 0 Å². The molecule has 1 aromatic heterocycles. The van der Waals surface area contributed by atoms with Gasteiger partial charge in [-0.25, -0.2) is 9.48 Å². The number of halogens is 1. The summed E-state index contributed by atoms with van der Waals surface area (Å²) >= 11 is 5.28. The largest absolute Gasteiger partial charge is 0.493 e. The first kappa shape index (κ1) is 29.7. The molecule has 1 atom stereocenters. The van der Waals surface area contributed by atoms with Gasteiger partial charge in [-0.05, 0) is 70.6 Å². The molecule has 0 aliphatic carbocycles. The molecule has 0 spiro atoms. The Balaban J connectivity index is 1.52. The highest BCUT2D eigenvalue weighted by atomic mass is 79.9. The SMILES string of the molecule is CCCSc1nc2n(n1)C(c1cc(Br)c(OCc3ccccc3C)c(OC)c1)C(C(=O)OCc1ccccc1)=C(C)N2. The molecular formula is C32H33BrN4O4S. The Morgan fingerprint density at radius 3 is 2.57 bits per heavy atom. The zero-order valence-corrected chi connectivity index (χ0v) is 26.4. The number of ether oxygens (including phenoxy) is 3. The minimum atomic E-state index is -0.608. The van der Waals surface area contributed by atoms with Gasteiger partial charge in [0.1, 0.15) is 19.3 Å². The first-order chi connectivity index (χ1) is 20.4. The van der Waals surface area contributed by atoms with Gasteiger partial charge in [0.2, 0.25) is 11.1 Å². The molecule has 42 heavy (non-hydrogen) atoms. The molecule has 1 N–H and O–H groups in total.